The van der Waals surface area contributed by atoms with Crippen LogP contribution in [0.2, 0.25) is 0 Å². The number of esters is 1. The summed E-state index contributed by atoms with van der Waals surface area (Å²) >= 11 is 0. The molecule has 0 N–H and O–H groups in total. The van der Waals surface area contributed by atoms with Gasteiger partial charge in [0.2, 0.25) is 0 Å². The molecule has 2 aromatic rings. The van der Waals surface area contributed by atoms with Crippen LogP contribution < -0.4 is 0 Å². The highest BCUT2D eigenvalue weighted by Gasteiger charge is 2.03. The van der Waals surface area contributed by atoms with Crippen molar-refractivity contribution in [3.05, 3.63) is 48.8 Å². The van der Waals surface area contributed by atoms with Crippen molar-refractivity contribution in [2.45, 2.75) is 6.92 Å². The number of aromatic nitrogens is 2. The molecule has 1 aromatic heterocycles. The highest BCUT2D eigenvalue weighted by atomic mass is 16.5. The zero-order valence-corrected chi connectivity index (χ0v) is 10.1. The van der Waals surface area contributed by atoms with Gasteiger partial charge in [-0.15, -0.1) is 0 Å². The van der Waals surface area contributed by atoms with Crippen molar-refractivity contribution in [1.29, 1.82) is 0 Å². The Labute approximate surface area is 106 Å². The van der Waals surface area contributed by atoms with Gasteiger partial charge in [-0.05, 0) is 6.92 Å². The van der Waals surface area contributed by atoms with Crippen LogP contribution in [0.15, 0.2) is 48.8 Å². The predicted octanol–water partition coefficient (Wildman–Crippen LogP) is 2.58. The van der Waals surface area contributed by atoms with E-state index in [-0.39, 0.29) is 5.97 Å². The molecule has 0 aliphatic carbocycles. The highest BCUT2D eigenvalue weighted by molar-refractivity contribution is 5.85. The molecule has 0 saturated heterocycles. The van der Waals surface area contributed by atoms with E-state index >= 15 is 0 Å². The van der Waals surface area contributed by atoms with E-state index in [1.807, 2.05) is 30.3 Å². The van der Waals surface area contributed by atoms with E-state index in [9.17, 15) is 4.79 Å². The fraction of sp³-hybridized carbons (Fsp3) is 0.143. The lowest BCUT2D eigenvalue weighted by Gasteiger charge is -2.02. The third-order valence-corrected chi connectivity index (χ3v) is 2.36. The minimum atomic E-state index is -0.356. The SMILES string of the molecule is CCOC(=O)C=Cn1ccnc1-c1ccccc1. The summed E-state index contributed by atoms with van der Waals surface area (Å²) in [5, 5.41) is 0. The number of imidazole rings is 1. The number of nitrogens with zero attached hydrogens (tertiary/aromatic N) is 2. The van der Waals surface area contributed by atoms with Gasteiger partial charge in [-0.2, -0.15) is 0 Å². The summed E-state index contributed by atoms with van der Waals surface area (Å²) in [5.41, 5.74) is 0.996. The average molecular weight is 242 g/mol. The number of hydrogen-bond donors (Lipinski definition) is 0. The van der Waals surface area contributed by atoms with E-state index in [0.717, 1.165) is 11.4 Å². The molecule has 0 unspecified atom stereocenters. The summed E-state index contributed by atoms with van der Waals surface area (Å²) in [6.07, 6.45) is 6.51. The summed E-state index contributed by atoms with van der Waals surface area (Å²) in [7, 11) is 0. The molecule has 0 aliphatic rings. The van der Waals surface area contributed by atoms with Gasteiger partial charge in [-0.25, -0.2) is 9.78 Å². The van der Waals surface area contributed by atoms with Gasteiger partial charge < -0.3 is 9.30 Å². The summed E-state index contributed by atoms with van der Waals surface area (Å²) in [4.78, 5) is 15.5. The maximum atomic E-state index is 11.2. The van der Waals surface area contributed by atoms with Crippen LogP contribution in [-0.2, 0) is 9.53 Å². The summed E-state index contributed by atoms with van der Waals surface area (Å²) in [5.74, 6) is 0.432. The van der Waals surface area contributed by atoms with E-state index in [0.29, 0.717) is 6.61 Å². The lowest BCUT2D eigenvalue weighted by Crippen LogP contribution is -2.00. The van der Waals surface area contributed by atoms with Gasteiger partial charge >= 0.3 is 5.97 Å². The van der Waals surface area contributed by atoms with Gasteiger partial charge in [0.25, 0.3) is 0 Å². The van der Waals surface area contributed by atoms with E-state index in [1.165, 1.54) is 6.08 Å². The van der Waals surface area contributed by atoms with Crippen LogP contribution in [-0.4, -0.2) is 22.1 Å². The Morgan fingerprint density at radius 3 is 2.89 bits per heavy atom. The first-order valence-corrected chi connectivity index (χ1v) is 5.74. The van der Waals surface area contributed by atoms with E-state index in [2.05, 4.69) is 4.98 Å². The number of rotatable bonds is 4. The number of carbonyl (C=O) groups is 1. The number of benzene rings is 1. The third-order valence-electron chi connectivity index (χ3n) is 2.36. The second-order valence-electron chi connectivity index (χ2n) is 3.59. The van der Waals surface area contributed by atoms with Crippen LogP contribution in [0, 0.1) is 0 Å². The molecule has 0 radical (unpaired) electrons. The lowest BCUT2D eigenvalue weighted by molar-refractivity contribution is -0.137. The molecule has 0 aliphatic heterocycles. The van der Waals surface area contributed by atoms with Crippen LogP contribution >= 0.6 is 0 Å². The largest absolute Gasteiger partial charge is 0.463 e. The van der Waals surface area contributed by atoms with Gasteiger partial charge in [-0.3, -0.25) is 0 Å². The molecule has 1 aromatic carbocycles. The Morgan fingerprint density at radius 2 is 2.17 bits per heavy atom. The Kier molecular flexibility index (Phi) is 3.91. The maximum absolute atomic E-state index is 11.2. The normalized spacial score (nSPS) is 10.7. The smallest absolute Gasteiger partial charge is 0.332 e. The van der Waals surface area contributed by atoms with E-state index in [1.54, 1.807) is 30.1 Å². The molecule has 0 bridgehead atoms. The van der Waals surface area contributed by atoms with Crippen molar-refractivity contribution in [1.82, 2.24) is 9.55 Å². The zero-order valence-electron chi connectivity index (χ0n) is 10.1. The molecule has 1 heterocycles. The second kappa shape index (κ2) is 5.82. The van der Waals surface area contributed by atoms with Crippen molar-refractivity contribution >= 4 is 12.2 Å². The van der Waals surface area contributed by atoms with Gasteiger partial charge in [0.15, 0.2) is 0 Å². The molecule has 18 heavy (non-hydrogen) atoms. The van der Waals surface area contributed by atoms with Gasteiger partial charge in [0, 0.05) is 30.2 Å². The Hall–Kier alpha value is -2.36. The van der Waals surface area contributed by atoms with Crippen molar-refractivity contribution in [3.63, 3.8) is 0 Å². The molecule has 0 spiro atoms. The van der Waals surface area contributed by atoms with Gasteiger partial charge in [0.05, 0.1) is 6.61 Å². The fourth-order valence-electron chi connectivity index (χ4n) is 1.58. The van der Waals surface area contributed by atoms with Crippen molar-refractivity contribution < 1.29 is 9.53 Å². The van der Waals surface area contributed by atoms with Crippen LogP contribution in [0.1, 0.15) is 6.92 Å². The highest BCUT2D eigenvalue weighted by Crippen LogP contribution is 2.16. The monoisotopic (exact) mass is 242 g/mol. The molecule has 4 heteroatoms. The lowest BCUT2D eigenvalue weighted by atomic mass is 10.2. The van der Waals surface area contributed by atoms with Gasteiger partial charge in [-0.1, -0.05) is 30.3 Å². The first kappa shape index (κ1) is 12.1. The molecular formula is C14H14N2O2. The van der Waals surface area contributed by atoms with Crippen molar-refractivity contribution in [3.8, 4) is 11.4 Å². The first-order chi connectivity index (χ1) is 8.81. The number of hydrogen-bond acceptors (Lipinski definition) is 3. The minimum absolute atomic E-state index is 0.356. The van der Waals surface area contributed by atoms with E-state index in [4.69, 9.17) is 4.74 Å². The quantitative estimate of drug-likeness (QED) is 0.611. The molecule has 92 valence electrons. The van der Waals surface area contributed by atoms with Crippen LogP contribution in [0.3, 0.4) is 0 Å². The third kappa shape index (κ3) is 2.85. The summed E-state index contributed by atoms with van der Waals surface area (Å²) in [6, 6.07) is 9.78. The summed E-state index contributed by atoms with van der Waals surface area (Å²) < 4.78 is 6.61. The number of carbonyl (C=O) groups excluding carboxylic acids is 1. The fourth-order valence-corrected chi connectivity index (χ4v) is 1.58. The second-order valence-corrected chi connectivity index (χ2v) is 3.59. The molecule has 4 nitrogen and oxygen atoms in total. The van der Waals surface area contributed by atoms with Crippen LogP contribution in [0.4, 0.5) is 0 Å². The molecule has 0 amide bonds. The Morgan fingerprint density at radius 1 is 1.39 bits per heavy atom. The average Bonchev–Trinajstić information content (AvgIpc) is 2.86. The number of ether oxygens (including phenoxy) is 1. The van der Waals surface area contributed by atoms with Gasteiger partial charge in [0.1, 0.15) is 5.82 Å². The molecule has 0 fully saturated rings. The molecule has 0 atom stereocenters. The molecular weight excluding hydrogens is 228 g/mol. The predicted molar refractivity (Wildman–Crippen MR) is 69.6 cm³/mol. The maximum Gasteiger partial charge on any atom is 0.332 e. The van der Waals surface area contributed by atoms with Crippen molar-refractivity contribution in [2.24, 2.45) is 0 Å². The zero-order chi connectivity index (χ0) is 12.8. The first-order valence-electron chi connectivity index (χ1n) is 5.74. The minimum Gasteiger partial charge on any atom is -0.463 e. The topological polar surface area (TPSA) is 44.1 Å². The Bertz CT molecular complexity index is 544. The van der Waals surface area contributed by atoms with Crippen molar-refractivity contribution in [2.75, 3.05) is 6.61 Å². The van der Waals surface area contributed by atoms with E-state index < -0.39 is 0 Å². The van der Waals surface area contributed by atoms with Crippen LogP contribution in [0.25, 0.3) is 17.6 Å². The molecule has 2 rings (SSSR count). The van der Waals surface area contributed by atoms with Crippen LogP contribution in [0.5, 0.6) is 0 Å². The molecule has 0 saturated carbocycles. The Balaban J connectivity index is 2.21. The standard InChI is InChI=1S/C14H14N2O2/c1-2-18-13(17)8-10-16-11-9-15-14(16)12-6-4-3-5-7-12/h3-11H,2H2,1H3. The summed E-state index contributed by atoms with van der Waals surface area (Å²) in [6.45, 7) is 2.15.